The first kappa shape index (κ1) is 16.2. The summed E-state index contributed by atoms with van der Waals surface area (Å²) in [4.78, 5) is 39.4. The van der Waals surface area contributed by atoms with Crippen LogP contribution in [0.2, 0.25) is 0 Å². The monoisotopic (exact) mass is 347 g/mol. The number of ketones is 1. The van der Waals surface area contributed by atoms with E-state index in [4.69, 9.17) is 0 Å². The predicted molar refractivity (Wildman–Crippen MR) is 98.0 cm³/mol. The van der Waals surface area contributed by atoms with Crippen LogP contribution in [0.3, 0.4) is 0 Å². The van der Waals surface area contributed by atoms with Gasteiger partial charge in [-0.15, -0.1) is 0 Å². The van der Waals surface area contributed by atoms with Crippen LogP contribution in [-0.4, -0.2) is 29.4 Å². The minimum atomic E-state index is -0.874. The summed E-state index contributed by atoms with van der Waals surface area (Å²) in [5.41, 5.74) is 2.33. The molecule has 26 heavy (non-hydrogen) atoms. The highest BCUT2D eigenvalue weighted by Crippen LogP contribution is 2.37. The van der Waals surface area contributed by atoms with Gasteiger partial charge in [0.15, 0.2) is 5.78 Å². The number of Topliss-reactive ketones (excluding diaryl/α,β-unsaturated/α-hetero) is 1. The van der Waals surface area contributed by atoms with Crippen molar-refractivity contribution in [3.8, 4) is 0 Å². The molecule has 6 nitrogen and oxygen atoms in total. The summed E-state index contributed by atoms with van der Waals surface area (Å²) in [6.07, 6.45) is 0. The van der Waals surface area contributed by atoms with Crippen molar-refractivity contribution in [1.82, 2.24) is 0 Å². The Hall–Kier alpha value is -3.28. The molecule has 2 aliphatic rings. The molecule has 6 heteroatoms. The number of carbonyl (C=O) groups excluding carboxylic acids is 3. The molecule has 0 saturated carbocycles. The number of nitrogens with zero attached hydrogens (tertiary/aromatic N) is 3. The maximum absolute atomic E-state index is 13.1. The van der Waals surface area contributed by atoms with E-state index < -0.39 is 17.9 Å². The molecule has 2 aliphatic heterocycles. The van der Waals surface area contributed by atoms with Crippen molar-refractivity contribution in [3.05, 3.63) is 60.2 Å². The lowest BCUT2D eigenvalue weighted by Gasteiger charge is -2.22. The van der Waals surface area contributed by atoms with E-state index in [0.717, 1.165) is 10.5 Å². The number of hydrogen-bond acceptors (Lipinski definition) is 5. The van der Waals surface area contributed by atoms with Gasteiger partial charge in [0.1, 0.15) is 17.7 Å². The maximum Gasteiger partial charge on any atom is 0.259 e. The first-order chi connectivity index (χ1) is 12.5. The Morgan fingerprint density at radius 1 is 0.962 bits per heavy atom. The first-order valence-corrected chi connectivity index (χ1v) is 8.37. The molecule has 0 bridgehead atoms. The SMILES string of the molecule is CC(=O)C1=NN(c2cccc(C)c2)C2C(=O)N(c3ccccc3)C(=O)C12. The van der Waals surface area contributed by atoms with Crippen molar-refractivity contribution in [1.29, 1.82) is 0 Å². The summed E-state index contributed by atoms with van der Waals surface area (Å²) in [6.45, 7) is 3.31. The van der Waals surface area contributed by atoms with E-state index in [1.165, 1.54) is 11.9 Å². The molecule has 2 amide bonds. The molecular formula is C20H17N3O3. The fraction of sp³-hybridized carbons (Fsp3) is 0.200. The third-order valence-electron chi connectivity index (χ3n) is 4.69. The Morgan fingerprint density at radius 2 is 1.65 bits per heavy atom. The maximum atomic E-state index is 13.1. The van der Waals surface area contributed by atoms with E-state index in [-0.39, 0.29) is 17.4 Å². The third-order valence-corrected chi connectivity index (χ3v) is 4.69. The van der Waals surface area contributed by atoms with Crippen LogP contribution in [-0.2, 0) is 14.4 Å². The molecule has 0 aliphatic carbocycles. The molecule has 2 atom stereocenters. The predicted octanol–water partition coefficient (Wildman–Crippen LogP) is 2.32. The highest BCUT2D eigenvalue weighted by atomic mass is 16.2. The van der Waals surface area contributed by atoms with Gasteiger partial charge in [0.2, 0.25) is 5.91 Å². The number of rotatable bonds is 3. The van der Waals surface area contributed by atoms with Gasteiger partial charge in [-0.1, -0.05) is 30.3 Å². The quantitative estimate of drug-likeness (QED) is 0.799. The number of anilines is 2. The Balaban J connectivity index is 1.82. The number of aryl methyl sites for hydroxylation is 1. The average molecular weight is 347 g/mol. The number of benzene rings is 2. The molecule has 1 fully saturated rings. The molecule has 0 N–H and O–H groups in total. The van der Waals surface area contributed by atoms with Crippen molar-refractivity contribution < 1.29 is 14.4 Å². The summed E-state index contributed by atoms with van der Waals surface area (Å²) < 4.78 is 0. The molecule has 0 aromatic heterocycles. The molecule has 2 heterocycles. The summed E-state index contributed by atoms with van der Waals surface area (Å²) in [7, 11) is 0. The minimum absolute atomic E-state index is 0.133. The third kappa shape index (κ3) is 2.34. The van der Waals surface area contributed by atoms with Gasteiger partial charge in [-0.2, -0.15) is 5.10 Å². The van der Waals surface area contributed by atoms with Gasteiger partial charge in [-0.3, -0.25) is 19.4 Å². The van der Waals surface area contributed by atoms with Gasteiger partial charge in [0.05, 0.1) is 11.4 Å². The van der Waals surface area contributed by atoms with Crippen molar-refractivity contribution in [3.63, 3.8) is 0 Å². The lowest BCUT2D eigenvalue weighted by Crippen LogP contribution is -2.39. The Bertz CT molecular complexity index is 952. The second-order valence-corrected chi connectivity index (χ2v) is 6.49. The number of amides is 2. The number of carbonyl (C=O) groups is 3. The molecule has 130 valence electrons. The van der Waals surface area contributed by atoms with Crippen LogP contribution >= 0.6 is 0 Å². The smallest absolute Gasteiger partial charge is 0.259 e. The summed E-state index contributed by atoms with van der Waals surface area (Å²) in [6, 6.07) is 15.4. The number of imide groups is 1. The van der Waals surface area contributed by atoms with E-state index in [9.17, 15) is 14.4 Å². The molecule has 0 radical (unpaired) electrons. The van der Waals surface area contributed by atoms with Gasteiger partial charge in [0.25, 0.3) is 5.91 Å². The second kappa shape index (κ2) is 5.91. The lowest BCUT2D eigenvalue weighted by molar-refractivity contribution is -0.122. The summed E-state index contributed by atoms with van der Waals surface area (Å²) >= 11 is 0. The van der Waals surface area contributed by atoms with Gasteiger partial charge >= 0.3 is 0 Å². The second-order valence-electron chi connectivity index (χ2n) is 6.49. The Morgan fingerprint density at radius 3 is 2.31 bits per heavy atom. The fourth-order valence-electron chi connectivity index (χ4n) is 3.52. The normalized spacial score (nSPS) is 21.8. The van der Waals surface area contributed by atoms with Gasteiger partial charge in [-0.25, -0.2) is 4.90 Å². The zero-order chi connectivity index (χ0) is 18.4. The standard InChI is InChI=1S/C20H17N3O3/c1-12-7-6-10-15(11-12)23-18-16(17(21-23)13(2)24)19(25)22(20(18)26)14-8-4-3-5-9-14/h3-11,16,18H,1-2H3. The fourth-order valence-corrected chi connectivity index (χ4v) is 3.52. The van der Waals surface area contributed by atoms with Crippen molar-refractivity contribution in [2.45, 2.75) is 19.9 Å². The Labute approximate surface area is 150 Å². The number of para-hydroxylation sites is 1. The zero-order valence-corrected chi connectivity index (χ0v) is 14.4. The molecule has 2 unspecified atom stereocenters. The number of fused-ring (bicyclic) bond motifs is 1. The summed E-state index contributed by atoms with van der Waals surface area (Å²) in [5.74, 6) is -1.95. The molecule has 0 spiro atoms. The minimum Gasteiger partial charge on any atom is -0.293 e. The van der Waals surface area contributed by atoms with Crippen molar-refractivity contribution in [2.24, 2.45) is 11.0 Å². The molecular weight excluding hydrogens is 330 g/mol. The van der Waals surface area contributed by atoms with E-state index >= 15 is 0 Å². The van der Waals surface area contributed by atoms with Crippen LogP contribution in [0.5, 0.6) is 0 Å². The number of hydrogen-bond donors (Lipinski definition) is 0. The van der Waals surface area contributed by atoms with Crippen LogP contribution in [0, 0.1) is 12.8 Å². The average Bonchev–Trinajstić information content (AvgIpc) is 3.13. The first-order valence-electron chi connectivity index (χ1n) is 8.37. The highest BCUT2D eigenvalue weighted by Gasteiger charge is 2.58. The lowest BCUT2D eigenvalue weighted by atomic mass is 9.95. The number of hydrazone groups is 1. The van der Waals surface area contributed by atoms with E-state index in [1.807, 2.05) is 37.3 Å². The Kier molecular flexibility index (Phi) is 3.68. The van der Waals surface area contributed by atoms with Gasteiger partial charge in [-0.05, 0) is 36.8 Å². The highest BCUT2D eigenvalue weighted by molar-refractivity contribution is 6.48. The summed E-state index contributed by atoms with van der Waals surface area (Å²) in [5, 5.41) is 5.86. The molecule has 2 aromatic carbocycles. The van der Waals surface area contributed by atoms with Gasteiger partial charge < -0.3 is 0 Å². The van der Waals surface area contributed by atoms with Crippen LogP contribution in [0.15, 0.2) is 59.7 Å². The van der Waals surface area contributed by atoms with Crippen LogP contribution in [0.25, 0.3) is 0 Å². The van der Waals surface area contributed by atoms with Crippen molar-refractivity contribution >= 4 is 34.7 Å². The molecule has 4 rings (SSSR count). The van der Waals surface area contributed by atoms with Crippen LogP contribution in [0.4, 0.5) is 11.4 Å². The topological polar surface area (TPSA) is 70.1 Å². The van der Waals surface area contributed by atoms with E-state index in [0.29, 0.717) is 11.4 Å². The van der Waals surface area contributed by atoms with Crippen molar-refractivity contribution in [2.75, 3.05) is 9.91 Å². The van der Waals surface area contributed by atoms with Crippen LogP contribution < -0.4 is 9.91 Å². The molecule has 2 aromatic rings. The van der Waals surface area contributed by atoms with Crippen LogP contribution in [0.1, 0.15) is 12.5 Å². The van der Waals surface area contributed by atoms with E-state index in [2.05, 4.69) is 5.10 Å². The largest absolute Gasteiger partial charge is 0.293 e. The van der Waals surface area contributed by atoms with Gasteiger partial charge in [0, 0.05) is 6.92 Å². The zero-order valence-electron chi connectivity index (χ0n) is 14.4. The van der Waals surface area contributed by atoms with E-state index in [1.54, 1.807) is 24.3 Å². The molecule has 1 saturated heterocycles.